The van der Waals surface area contributed by atoms with E-state index in [1.54, 1.807) is 4.90 Å². The van der Waals surface area contributed by atoms with Crippen LogP contribution in [-0.4, -0.2) is 43.0 Å². The predicted octanol–water partition coefficient (Wildman–Crippen LogP) is 0.453. The lowest BCUT2D eigenvalue weighted by Gasteiger charge is -2.41. The van der Waals surface area contributed by atoms with Gasteiger partial charge in [0.05, 0.1) is 19.6 Å². The molecule has 0 aromatic rings. The van der Waals surface area contributed by atoms with Gasteiger partial charge in [-0.1, -0.05) is 6.58 Å². The Morgan fingerprint density at radius 2 is 2.15 bits per heavy atom. The van der Waals surface area contributed by atoms with Gasteiger partial charge in [0.25, 0.3) is 5.92 Å². The number of alkyl halides is 2. The quantitative estimate of drug-likeness (QED) is 0.558. The largest absolute Gasteiger partial charge is 0.352 e. The average Bonchev–Trinajstić information content (AvgIpc) is 2.01. The van der Waals surface area contributed by atoms with Crippen LogP contribution in [-0.2, 0) is 0 Å². The maximum absolute atomic E-state index is 12.5. The number of hydrogen-bond acceptors (Lipinski definition) is 3. The molecule has 2 heterocycles. The lowest BCUT2D eigenvalue weighted by molar-refractivity contribution is -0.102. The number of nitrogens with zero attached hydrogens (tertiary/aromatic N) is 2. The standard InChI is InChI=1S/C8H11F2N3/c1-6-2-11-7(12-3-6)13-4-8(9,10)5-13/h1-5H2,(H,11,12). The van der Waals surface area contributed by atoms with Gasteiger partial charge in [0, 0.05) is 6.54 Å². The lowest BCUT2D eigenvalue weighted by Crippen LogP contribution is -2.62. The van der Waals surface area contributed by atoms with Crippen LogP contribution in [0.2, 0.25) is 0 Å². The molecule has 0 aliphatic carbocycles. The Morgan fingerprint density at radius 1 is 1.46 bits per heavy atom. The Balaban J connectivity index is 1.93. The average molecular weight is 187 g/mol. The number of nitrogens with one attached hydrogen (secondary N) is 1. The highest BCUT2D eigenvalue weighted by atomic mass is 19.3. The molecule has 13 heavy (non-hydrogen) atoms. The van der Waals surface area contributed by atoms with Crippen molar-refractivity contribution in [1.29, 1.82) is 0 Å². The van der Waals surface area contributed by atoms with Crippen molar-refractivity contribution in [3.8, 4) is 0 Å². The van der Waals surface area contributed by atoms with Gasteiger partial charge >= 0.3 is 0 Å². The summed E-state index contributed by atoms with van der Waals surface area (Å²) in [6, 6.07) is 0. The topological polar surface area (TPSA) is 27.6 Å². The summed E-state index contributed by atoms with van der Waals surface area (Å²) in [7, 11) is 0. The minimum atomic E-state index is -2.53. The Bertz CT molecular complexity index is 265. The van der Waals surface area contributed by atoms with Crippen molar-refractivity contribution in [2.75, 3.05) is 26.2 Å². The molecule has 0 spiro atoms. The van der Waals surface area contributed by atoms with E-state index in [0.717, 1.165) is 5.57 Å². The van der Waals surface area contributed by atoms with E-state index in [1.165, 1.54) is 0 Å². The minimum Gasteiger partial charge on any atom is -0.352 e. The fourth-order valence-electron chi connectivity index (χ4n) is 1.38. The molecule has 0 unspecified atom stereocenters. The third-order valence-corrected chi connectivity index (χ3v) is 2.09. The number of hydrogen-bond donors (Lipinski definition) is 1. The Kier molecular flexibility index (Phi) is 1.75. The van der Waals surface area contributed by atoms with Crippen molar-refractivity contribution in [3.63, 3.8) is 0 Å². The number of aliphatic imine (C=N–C) groups is 1. The molecule has 5 heteroatoms. The van der Waals surface area contributed by atoms with E-state index in [0.29, 0.717) is 19.0 Å². The number of halogens is 2. The first-order valence-electron chi connectivity index (χ1n) is 4.15. The van der Waals surface area contributed by atoms with Crippen molar-refractivity contribution in [2.45, 2.75) is 5.92 Å². The summed E-state index contributed by atoms with van der Waals surface area (Å²) in [6.45, 7) is 4.50. The van der Waals surface area contributed by atoms with Gasteiger partial charge in [-0.3, -0.25) is 0 Å². The summed E-state index contributed by atoms with van der Waals surface area (Å²) in [4.78, 5) is 5.64. The van der Waals surface area contributed by atoms with Crippen LogP contribution in [0.3, 0.4) is 0 Å². The fraction of sp³-hybridized carbons (Fsp3) is 0.625. The molecule has 2 aliphatic rings. The van der Waals surface area contributed by atoms with Crippen molar-refractivity contribution in [3.05, 3.63) is 12.2 Å². The summed E-state index contributed by atoms with van der Waals surface area (Å²) < 4.78 is 25.0. The molecule has 2 rings (SSSR count). The SMILES string of the molecule is C=C1CN=C(N2CC(F)(F)C2)NC1. The van der Waals surface area contributed by atoms with Gasteiger partial charge in [0.1, 0.15) is 0 Å². The van der Waals surface area contributed by atoms with E-state index in [1.807, 2.05) is 0 Å². The zero-order valence-electron chi connectivity index (χ0n) is 7.19. The Labute approximate surface area is 75.1 Å². The smallest absolute Gasteiger partial charge is 0.282 e. The van der Waals surface area contributed by atoms with Gasteiger partial charge in [-0.15, -0.1) is 0 Å². The van der Waals surface area contributed by atoms with Gasteiger partial charge < -0.3 is 10.2 Å². The maximum Gasteiger partial charge on any atom is 0.282 e. The monoisotopic (exact) mass is 187 g/mol. The number of rotatable bonds is 0. The molecule has 0 aromatic heterocycles. The van der Waals surface area contributed by atoms with E-state index >= 15 is 0 Å². The summed E-state index contributed by atoms with van der Waals surface area (Å²) in [5.41, 5.74) is 0.982. The van der Waals surface area contributed by atoms with Crippen molar-refractivity contribution in [2.24, 2.45) is 4.99 Å². The second-order valence-corrected chi connectivity index (χ2v) is 3.46. The third kappa shape index (κ3) is 1.64. The van der Waals surface area contributed by atoms with Gasteiger partial charge in [-0.2, -0.15) is 0 Å². The first-order chi connectivity index (χ1) is 6.07. The first kappa shape index (κ1) is 8.47. The molecule has 1 N–H and O–H groups in total. The van der Waals surface area contributed by atoms with E-state index < -0.39 is 5.92 Å². The summed E-state index contributed by atoms with van der Waals surface area (Å²) in [6.07, 6.45) is 0. The third-order valence-electron chi connectivity index (χ3n) is 2.09. The maximum atomic E-state index is 12.5. The van der Waals surface area contributed by atoms with Crippen LogP contribution in [0.1, 0.15) is 0 Å². The molecular formula is C8H11F2N3. The molecule has 2 aliphatic heterocycles. The van der Waals surface area contributed by atoms with E-state index in [4.69, 9.17) is 0 Å². The first-order valence-corrected chi connectivity index (χ1v) is 4.15. The van der Waals surface area contributed by atoms with Gasteiger partial charge in [-0.25, -0.2) is 13.8 Å². The highest BCUT2D eigenvalue weighted by Gasteiger charge is 2.45. The van der Waals surface area contributed by atoms with E-state index in [9.17, 15) is 8.78 Å². The zero-order chi connectivity index (χ0) is 9.47. The number of guanidine groups is 1. The molecule has 0 amide bonds. The highest BCUT2D eigenvalue weighted by molar-refractivity contribution is 5.82. The van der Waals surface area contributed by atoms with Crippen molar-refractivity contribution in [1.82, 2.24) is 10.2 Å². The predicted molar refractivity (Wildman–Crippen MR) is 46.0 cm³/mol. The molecule has 0 atom stereocenters. The summed E-state index contributed by atoms with van der Waals surface area (Å²) in [5.74, 6) is -1.95. The van der Waals surface area contributed by atoms with Gasteiger partial charge in [0.15, 0.2) is 5.96 Å². The van der Waals surface area contributed by atoms with Gasteiger partial charge in [0.2, 0.25) is 0 Å². The fourth-order valence-corrected chi connectivity index (χ4v) is 1.38. The van der Waals surface area contributed by atoms with E-state index in [-0.39, 0.29) is 13.1 Å². The van der Waals surface area contributed by atoms with Crippen LogP contribution in [0.4, 0.5) is 8.78 Å². The van der Waals surface area contributed by atoms with Crippen LogP contribution in [0, 0.1) is 0 Å². The van der Waals surface area contributed by atoms with Gasteiger partial charge in [-0.05, 0) is 5.57 Å². The molecule has 0 bridgehead atoms. The molecule has 3 nitrogen and oxygen atoms in total. The molecular weight excluding hydrogens is 176 g/mol. The van der Waals surface area contributed by atoms with Crippen molar-refractivity contribution < 1.29 is 8.78 Å². The Morgan fingerprint density at radius 3 is 2.62 bits per heavy atom. The summed E-state index contributed by atoms with van der Waals surface area (Å²) in [5, 5.41) is 2.95. The van der Waals surface area contributed by atoms with Crippen LogP contribution >= 0.6 is 0 Å². The zero-order valence-corrected chi connectivity index (χ0v) is 7.19. The van der Waals surface area contributed by atoms with Crippen molar-refractivity contribution >= 4 is 5.96 Å². The molecule has 0 saturated carbocycles. The van der Waals surface area contributed by atoms with E-state index in [2.05, 4.69) is 16.9 Å². The normalized spacial score (nSPS) is 26.2. The Hall–Kier alpha value is -1.13. The minimum absolute atomic E-state index is 0.217. The second kappa shape index (κ2) is 2.68. The summed E-state index contributed by atoms with van der Waals surface area (Å²) >= 11 is 0. The van der Waals surface area contributed by atoms with Crippen LogP contribution < -0.4 is 5.32 Å². The molecule has 0 radical (unpaired) electrons. The molecule has 1 saturated heterocycles. The van der Waals surface area contributed by atoms with Crippen LogP contribution in [0.5, 0.6) is 0 Å². The molecule has 1 fully saturated rings. The lowest BCUT2D eigenvalue weighted by atomic mass is 10.1. The second-order valence-electron chi connectivity index (χ2n) is 3.46. The highest BCUT2D eigenvalue weighted by Crippen LogP contribution is 2.26. The van der Waals surface area contributed by atoms with Crippen LogP contribution in [0.15, 0.2) is 17.1 Å². The molecule has 72 valence electrons. The molecule has 0 aromatic carbocycles. The number of likely N-dealkylation sites (tertiary alicyclic amines) is 1. The van der Waals surface area contributed by atoms with Crippen LogP contribution in [0.25, 0.3) is 0 Å².